The normalized spacial score (nSPS) is 12.9. The van der Waals surface area contributed by atoms with E-state index in [0.29, 0.717) is 5.88 Å². The summed E-state index contributed by atoms with van der Waals surface area (Å²) in [7, 11) is -2.65. The van der Waals surface area contributed by atoms with Crippen LogP contribution in [0.3, 0.4) is 0 Å². The molecule has 1 aliphatic carbocycles. The average molecular weight is 490 g/mol. The van der Waals surface area contributed by atoms with Crippen molar-refractivity contribution in [2.24, 2.45) is 0 Å². The van der Waals surface area contributed by atoms with Gasteiger partial charge in [-0.2, -0.15) is 5.43 Å². The van der Waals surface area contributed by atoms with Crippen molar-refractivity contribution in [2.45, 2.75) is 52.7 Å². The minimum absolute atomic E-state index is 0.0623. The summed E-state index contributed by atoms with van der Waals surface area (Å²) in [6.07, 6.45) is 1.07. The molecule has 1 saturated carbocycles. The van der Waals surface area contributed by atoms with Crippen molar-refractivity contribution in [1.29, 1.82) is 0 Å². The lowest BCUT2D eigenvalue weighted by Crippen LogP contribution is -2.52. The number of allylic oxidation sites excluding steroid dienone is 1. The molecule has 0 unspecified atom stereocenters. The van der Waals surface area contributed by atoms with Gasteiger partial charge < -0.3 is 9.47 Å². The van der Waals surface area contributed by atoms with E-state index in [4.69, 9.17) is 9.47 Å². The Labute approximate surface area is 209 Å². The maximum absolute atomic E-state index is 13.2. The maximum Gasteiger partial charge on any atom is 0.429 e. The van der Waals surface area contributed by atoms with Gasteiger partial charge in [0.15, 0.2) is 0 Å². The van der Waals surface area contributed by atoms with Crippen LogP contribution in [0.25, 0.3) is 0 Å². The average Bonchev–Trinajstić information content (AvgIpc) is 3.69. The number of hydrazine groups is 1. The zero-order valence-corrected chi connectivity index (χ0v) is 21.7. The molecule has 6 heteroatoms. The smallest absolute Gasteiger partial charge is 0.429 e. The van der Waals surface area contributed by atoms with Crippen molar-refractivity contribution in [2.75, 3.05) is 0 Å². The van der Waals surface area contributed by atoms with Crippen LogP contribution in [-0.4, -0.2) is 23.1 Å². The van der Waals surface area contributed by atoms with Crippen LogP contribution >= 0.6 is 7.41 Å². The van der Waals surface area contributed by atoms with E-state index in [9.17, 15) is 4.79 Å². The van der Waals surface area contributed by atoms with Gasteiger partial charge >= 0.3 is 6.09 Å². The molecule has 0 bridgehead atoms. The van der Waals surface area contributed by atoms with E-state index in [1.165, 1.54) is 5.57 Å². The molecule has 1 N–H and O–H groups in total. The van der Waals surface area contributed by atoms with Crippen LogP contribution in [0.4, 0.5) is 4.79 Å². The van der Waals surface area contributed by atoms with E-state index in [1.807, 2.05) is 87.1 Å². The Morgan fingerprint density at radius 1 is 0.714 bits per heavy atom. The van der Waals surface area contributed by atoms with Crippen LogP contribution in [0.15, 0.2) is 102 Å². The first-order valence-electron chi connectivity index (χ1n) is 12.2. The molecule has 1 amide bonds. The molecule has 0 spiro atoms. The molecule has 1 fully saturated rings. The zero-order chi connectivity index (χ0) is 24.8. The molecule has 3 aromatic rings. The SMILES string of the molecule is CC(C)OC(=O)NN(C(OC(C)C)=C1CC1)[P+](c1ccccc1)(c1ccccc1)c1ccccc1. The predicted octanol–water partition coefficient (Wildman–Crippen LogP) is 5.68. The molecule has 3 aromatic carbocycles. The monoisotopic (exact) mass is 489 g/mol. The quantitative estimate of drug-likeness (QED) is 0.239. The Kier molecular flexibility index (Phi) is 7.77. The van der Waals surface area contributed by atoms with Crippen molar-refractivity contribution < 1.29 is 14.3 Å². The number of amides is 1. The second-order valence-electron chi connectivity index (χ2n) is 9.10. The molecule has 0 atom stereocenters. The highest BCUT2D eigenvalue weighted by Crippen LogP contribution is 2.60. The van der Waals surface area contributed by atoms with E-state index in [2.05, 4.69) is 41.8 Å². The number of carbonyl (C=O) groups excluding carboxylic acids is 1. The fraction of sp³-hybridized carbons (Fsp3) is 0.276. The van der Waals surface area contributed by atoms with Gasteiger partial charge in [0.25, 0.3) is 0 Å². The van der Waals surface area contributed by atoms with Gasteiger partial charge in [-0.25, -0.2) is 4.79 Å². The number of benzene rings is 3. The third kappa shape index (κ3) is 5.52. The second kappa shape index (κ2) is 11.0. The molecule has 5 nitrogen and oxygen atoms in total. The van der Waals surface area contributed by atoms with E-state index in [1.54, 1.807) is 0 Å². The first-order valence-corrected chi connectivity index (χ1v) is 13.9. The summed E-state index contributed by atoms with van der Waals surface area (Å²) in [5, 5.41) is 3.31. The lowest BCUT2D eigenvalue weighted by Gasteiger charge is -2.38. The number of nitrogens with one attached hydrogen (secondary N) is 1. The summed E-state index contributed by atoms with van der Waals surface area (Å²) in [4.78, 5) is 13.2. The minimum Gasteiger partial charge on any atom is -0.473 e. The van der Waals surface area contributed by atoms with Crippen molar-refractivity contribution in [1.82, 2.24) is 10.2 Å². The summed E-state index contributed by atoms with van der Waals surface area (Å²) >= 11 is 0. The third-order valence-corrected chi connectivity index (χ3v) is 9.59. The van der Waals surface area contributed by atoms with Crippen molar-refractivity contribution in [3.05, 3.63) is 102 Å². The summed E-state index contributed by atoms with van der Waals surface area (Å²) in [6, 6.07) is 31.2. The molecule has 35 heavy (non-hydrogen) atoms. The zero-order valence-electron chi connectivity index (χ0n) is 20.8. The van der Waals surface area contributed by atoms with Crippen LogP contribution in [-0.2, 0) is 9.47 Å². The van der Waals surface area contributed by atoms with Crippen LogP contribution in [0.5, 0.6) is 0 Å². The first kappa shape index (κ1) is 24.8. The lowest BCUT2D eigenvalue weighted by molar-refractivity contribution is 0.0673. The Morgan fingerprint density at radius 2 is 1.11 bits per heavy atom. The molecular formula is C29H34N2O3P+. The highest BCUT2D eigenvalue weighted by molar-refractivity contribution is 7.93. The number of hydrogen-bond acceptors (Lipinski definition) is 4. The number of ether oxygens (including phenoxy) is 2. The largest absolute Gasteiger partial charge is 0.473 e. The number of carbonyl (C=O) groups is 1. The van der Waals surface area contributed by atoms with E-state index < -0.39 is 13.5 Å². The second-order valence-corrected chi connectivity index (χ2v) is 12.3. The van der Waals surface area contributed by atoms with Gasteiger partial charge in [0, 0.05) is 0 Å². The maximum atomic E-state index is 13.2. The molecule has 4 rings (SSSR count). The van der Waals surface area contributed by atoms with E-state index >= 15 is 0 Å². The lowest BCUT2D eigenvalue weighted by atomic mass is 10.4. The highest BCUT2D eigenvalue weighted by atomic mass is 31.2. The van der Waals surface area contributed by atoms with Crippen LogP contribution in [0, 0.1) is 0 Å². The number of nitrogens with zero attached hydrogens (tertiary/aromatic N) is 1. The first-order chi connectivity index (χ1) is 16.9. The molecule has 0 aliphatic heterocycles. The fourth-order valence-electron chi connectivity index (χ4n) is 4.10. The summed E-state index contributed by atoms with van der Waals surface area (Å²) < 4.78 is 14.1. The molecule has 182 valence electrons. The number of hydrogen-bond donors (Lipinski definition) is 1. The van der Waals surface area contributed by atoms with Gasteiger partial charge in [-0.05, 0) is 82.5 Å². The molecule has 0 saturated heterocycles. The van der Waals surface area contributed by atoms with E-state index in [0.717, 1.165) is 28.8 Å². The number of rotatable bonds is 9. The standard InChI is InChI=1S/C29H33N2O3P/c1-22(2)33-28(24-20-21-24)31(30-29(32)34-23(3)4)35(25-14-8-5-9-15-25,26-16-10-6-11-17-26)27-18-12-7-13-19-27/h5-19,22-23H,20-21H2,1-4H3/p+1. The molecule has 0 aromatic heterocycles. The Morgan fingerprint density at radius 3 is 1.46 bits per heavy atom. The summed E-state index contributed by atoms with van der Waals surface area (Å²) in [5.74, 6) is 0.714. The van der Waals surface area contributed by atoms with Gasteiger partial charge in [0.2, 0.25) is 13.3 Å². The Hall–Kier alpha value is -3.30. The van der Waals surface area contributed by atoms with Gasteiger partial charge in [-0.3, -0.25) is 0 Å². The van der Waals surface area contributed by atoms with Gasteiger partial charge in [-0.15, -0.1) is 4.78 Å². The van der Waals surface area contributed by atoms with Gasteiger partial charge in [0.05, 0.1) is 12.2 Å². The topological polar surface area (TPSA) is 50.8 Å². The molecular weight excluding hydrogens is 455 g/mol. The Balaban J connectivity index is 2.05. The Bertz CT molecular complexity index is 1050. The molecule has 1 aliphatic rings. The molecule has 0 heterocycles. The highest BCUT2D eigenvalue weighted by Gasteiger charge is 2.56. The van der Waals surface area contributed by atoms with Crippen molar-refractivity contribution >= 4 is 29.4 Å². The third-order valence-electron chi connectivity index (χ3n) is 5.57. The van der Waals surface area contributed by atoms with Crippen molar-refractivity contribution in [3.63, 3.8) is 0 Å². The van der Waals surface area contributed by atoms with Crippen molar-refractivity contribution in [3.8, 4) is 0 Å². The fourth-order valence-corrected chi connectivity index (χ4v) is 8.19. The van der Waals surface area contributed by atoms with Gasteiger partial charge in [0.1, 0.15) is 15.9 Å². The van der Waals surface area contributed by atoms with E-state index in [-0.39, 0.29) is 12.2 Å². The van der Waals surface area contributed by atoms with Gasteiger partial charge in [-0.1, -0.05) is 54.6 Å². The summed E-state index contributed by atoms with van der Waals surface area (Å²) in [6.45, 7) is 7.73. The summed E-state index contributed by atoms with van der Waals surface area (Å²) in [5.41, 5.74) is 4.34. The predicted molar refractivity (Wildman–Crippen MR) is 144 cm³/mol. The van der Waals surface area contributed by atoms with Crippen LogP contribution in [0.2, 0.25) is 0 Å². The van der Waals surface area contributed by atoms with Crippen LogP contribution < -0.4 is 21.3 Å². The molecule has 0 radical (unpaired) electrons. The minimum atomic E-state index is -2.65. The van der Waals surface area contributed by atoms with Crippen LogP contribution in [0.1, 0.15) is 40.5 Å².